The van der Waals surface area contributed by atoms with Gasteiger partial charge in [0.1, 0.15) is 6.10 Å². The van der Waals surface area contributed by atoms with E-state index in [1.165, 1.54) is 0 Å². The Morgan fingerprint density at radius 3 is 2.56 bits per heavy atom. The lowest BCUT2D eigenvalue weighted by Gasteiger charge is -2.06. The summed E-state index contributed by atoms with van der Waals surface area (Å²) < 4.78 is 4.68. The summed E-state index contributed by atoms with van der Waals surface area (Å²) in [6.45, 7) is 0. The monoisotopic (exact) mass is 146 g/mol. The maximum absolute atomic E-state index is 10.1. The second-order valence-corrected chi connectivity index (χ2v) is 2.23. The van der Waals surface area contributed by atoms with Crippen molar-refractivity contribution in [2.24, 2.45) is 0 Å². The first-order valence-corrected chi connectivity index (χ1v) is 3.18. The van der Waals surface area contributed by atoms with Gasteiger partial charge >= 0.3 is 5.43 Å². The molecule has 0 amide bonds. The van der Waals surface area contributed by atoms with Crippen LogP contribution in [0.25, 0.3) is 0 Å². The Morgan fingerprint density at radius 2 is 2.11 bits per heavy atom. The Balaban J connectivity index is 2.22. The van der Waals surface area contributed by atoms with Crippen molar-refractivity contribution in [3.05, 3.63) is 12.2 Å². The molecule has 0 aromatic rings. The van der Waals surface area contributed by atoms with E-state index in [1.807, 2.05) is 12.2 Å². The fourth-order valence-electron chi connectivity index (χ4n) is 0.819. The summed E-state index contributed by atoms with van der Waals surface area (Å²) in [5, 5.41) is 0. The molecule has 2 nitrogen and oxygen atoms in total. The molecule has 0 spiro atoms. The van der Waals surface area contributed by atoms with Gasteiger partial charge in [0.2, 0.25) is 0 Å². The topological polar surface area (TPSA) is 26.3 Å². The Kier molecular flexibility index (Phi) is 2.11. The molecule has 0 aromatic heterocycles. The van der Waals surface area contributed by atoms with Crippen LogP contribution in [0.3, 0.4) is 0 Å². The van der Waals surface area contributed by atoms with E-state index in [0.717, 1.165) is 12.8 Å². The van der Waals surface area contributed by atoms with Gasteiger partial charge in [-0.05, 0) is 0 Å². The van der Waals surface area contributed by atoms with E-state index < -0.39 is 5.43 Å². The number of halogens is 1. The molecule has 0 bridgehead atoms. The normalized spacial score (nSPS) is 18.3. The Morgan fingerprint density at radius 1 is 1.56 bits per heavy atom. The number of hydrogen-bond donors (Lipinski definition) is 0. The third-order valence-corrected chi connectivity index (χ3v) is 1.31. The average molecular weight is 147 g/mol. The van der Waals surface area contributed by atoms with Crippen molar-refractivity contribution in [2.75, 3.05) is 0 Å². The van der Waals surface area contributed by atoms with Crippen molar-refractivity contribution in [3.63, 3.8) is 0 Å². The van der Waals surface area contributed by atoms with Crippen molar-refractivity contribution >= 4 is 17.0 Å². The SMILES string of the molecule is O=C(Cl)OC1CC=CC1. The first kappa shape index (κ1) is 6.62. The van der Waals surface area contributed by atoms with Gasteiger partial charge in [0.05, 0.1) is 0 Å². The number of carbonyl (C=O) groups excluding carboxylic acids is 1. The molecule has 0 radical (unpaired) electrons. The van der Waals surface area contributed by atoms with Gasteiger partial charge in [-0.15, -0.1) is 0 Å². The van der Waals surface area contributed by atoms with Crippen molar-refractivity contribution in [1.82, 2.24) is 0 Å². The Bertz CT molecular complexity index is 134. The predicted octanol–water partition coefficient (Wildman–Crippen LogP) is 2.08. The van der Waals surface area contributed by atoms with Crippen LogP contribution < -0.4 is 0 Å². The highest BCUT2D eigenvalue weighted by Gasteiger charge is 2.12. The summed E-state index contributed by atoms with van der Waals surface area (Å²) in [6, 6.07) is 0. The summed E-state index contributed by atoms with van der Waals surface area (Å²) in [4.78, 5) is 10.1. The summed E-state index contributed by atoms with van der Waals surface area (Å²) in [6.07, 6.45) is 5.56. The second kappa shape index (κ2) is 2.87. The van der Waals surface area contributed by atoms with Gasteiger partial charge in [0, 0.05) is 24.4 Å². The fraction of sp³-hybridized carbons (Fsp3) is 0.500. The van der Waals surface area contributed by atoms with E-state index in [4.69, 9.17) is 11.6 Å². The van der Waals surface area contributed by atoms with Crippen LogP contribution >= 0.6 is 11.6 Å². The third-order valence-electron chi connectivity index (χ3n) is 1.22. The van der Waals surface area contributed by atoms with E-state index in [0.29, 0.717) is 0 Å². The fourth-order valence-corrected chi connectivity index (χ4v) is 0.945. The van der Waals surface area contributed by atoms with Crippen LogP contribution in [0.1, 0.15) is 12.8 Å². The minimum atomic E-state index is -0.705. The van der Waals surface area contributed by atoms with Gasteiger partial charge in [-0.25, -0.2) is 4.79 Å². The molecule has 9 heavy (non-hydrogen) atoms. The molecule has 0 unspecified atom stereocenters. The Labute approximate surface area is 58.4 Å². The molecular weight excluding hydrogens is 140 g/mol. The maximum atomic E-state index is 10.1. The van der Waals surface area contributed by atoms with Gasteiger partial charge in [0.15, 0.2) is 0 Å². The molecule has 0 fully saturated rings. The highest BCUT2D eigenvalue weighted by molar-refractivity contribution is 6.61. The zero-order valence-corrected chi connectivity index (χ0v) is 5.60. The molecular formula is C6H7ClO2. The van der Waals surface area contributed by atoms with Gasteiger partial charge in [-0.3, -0.25) is 0 Å². The molecule has 1 rings (SSSR count). The van der Waals surface area contributed by atoms with Crippen LogP contribution in [0.2, 0.25) is 0 Å². The number of rotatable bonds is 1. The van der Waals surface area contributed by atoms with E-state index in [-0.39, 0.29) is 6.10 Å². The van der Waals surface area contributed by atoms with Crippen molar-refractivity contribution in [2.45, 2.75) is 18.9 Å². The smallest absolute Gasteiger partial charge is 0.404 e. The third kappa shape index (κ3) is 2.06. The molecule has 0 atom stereocenters. The maximum Gasteiger partial charge on any atom is 0.404 e. The molecule has 0 N–H and O–H groups in total. The van der Waals surface area contributed by atoms with Crippen molar-refractivity contribution in [1.29, 1.82) is 0 Å². The molecule has 50 valence electrons. The number of hydrogen-bond acceptors (Lipinski definition) is 2. The molecule has 1 aliphatic carbocycles. The minimum absolute atomic E-state index is 0.00463. The lowest BCUT2D eigenvalue weighted by Crippen LogP contribution is -2.08. The lowest BCUT2D eigenvalue weighted by molar-refractivity contribution is 0.128. The minimum Gasteiger partial charge on any atom is -0.450 e. The van der Waals surface area contributed by atoms with Crippen molar-refractivity contribution in [3.8, 4) is 0 Å². The van der Waals surface area contributed by atoms with Crippen LogP contribution in [0.15, 0.2) is 12.2 Å². The average Bonchev–Trinajstić information content (AvgIpc) is 2.15. The molecule has 0 aromatic carbocycles. The van der Waals surface area contributed by atoms with Gasteiger partial charge < -0.3 is 4.74 Å². The van der Waals surface area contributed by atoms with Gasteiger partial charge in [-0.2, -0.15) is 0 Å². The largest absolute Gasteiger partial charge is 0.450 e. The first-order chi connectivity index (χ1) is 4.29. The first-order valence-electron chi connectivity index (χ1n) is 2.80. The van der Waals surface area contributed by atoms with Crippen LogP contribution in [-0.4, -0.2) is 11.5 Å². The van der Waals surface area contributed by atoms with E-state index in [2.05, 4.69) is 4.74 Å². The number of ether oxygens (including phenoxy) is 1. The Hall–Kier alpha value is -0.500. The molecule has 0 heterocycles. The standard InChI is InChI=1S/C6H7ClO2/c7-6(8)9-5-3-1-2-4-5/h1-2,5H,3-4H2. The molecule has 1 aliphatic rings. The predicted molar refractivity (Wildman–Crippen MR) is 34.5 cm³/mol. The van der Waals surface area contributed by atoms with Crippen molar-refractivity contribution < 1.29 is 9.53 Å². The molecule has 3 heteroatoms. The lowest BCUT2D eigenvalue weighted by atomic mass is 10.3. The van der Waals surface area contributed by atoms with E-state index in [9.17, 15) is 4.79 Å². The number of carbonyl (C=O) groups is 1. The molecule has 0 saturated carbocycles. The van der Waals surface area contributed by atoms with E-state index >= 15 is 0 Å². The van der Waals surface area contributed by atoms with Crippen LogP contribution in [0.4, 0.5) is 4.79 Å². The molecule has 0 aliphatic heterocycles. The van der Waals surface area contributed by atoms with Gasteiger partial charge in [0.25, 0.3) is 0 Å². The van der Waals surface area contributed by atoms with Gasteiger partial charge in [-0.1, -0.05) is 12.2 Å². The van der Waals surface area contributed by atoms with Crippen LogP contribution in [0, 0.1) is 0 Å². The van der Waals surface area contributed by atoms with E-state index in [1.54, 1.807) is 0 Å². The molecule has 0 saturated heterocycles. The summed E-state index contributed by atoms with van der Waals surface area (Å²) in [5.41, 5.74) is -0.705. The summed E-state index contributed by atoms with van der Waals surface area (Å²) in [7, 11) is 0. The zero-order valence-electron chi connectivity index (χ0n) is 4.84. The zero-order chi connectivity index (χ0) is 6.69. The quantitative estimate of drug-likeness (QED) is 0.418. The second-order valence-electron chi connectivity index (χ2n) is 1.92. The van der Waals surface area contributed by atoms with Crippen LogP contribution in [0.5, 0.6) is 0 Å². The highest BCUT2D eigenvalue weighted by atomic mass is 35.5. The summed E-state index contributed by atoms with van der Waals surface area (Å²) >= 11 is 4.97. The summed E-state index contributed by atoms with van der Waals surface area (Å²) in [5.74, 6) is 0. The highest BCUT2D eigenvalue weighted by Crippen LogP contribution is 2.14. The van der Waals surface area contributed by atoms with Crippen LogP contribution in [-0.2, 0) is 4.74 Å².